The molecule has 0 saturated carbocycles. The summed E-state index contributed by atoms with van der Waals surface area (Å²) in [7, 11) is 0. The number of anilines is 1. The zero-order valence-corrected chi connectivity index (χ0v) is 11.4. The maximum absolute atomic E-state index is 12.7. The van der Waals surface area contributed by atoms with Crippen molar-refractivity contribution in [3.05, 3.63) is 28.8 Å². The van der Waals surface area contributed by atoms with Gasteiger partial charge in [-0.2, -0.15) is 25.8 Å². The highest BCUT2D eigenvalue weighted by atomic mass is 35.5. The van der Waals surface area contributed by atoms with Gasteiger partial charge in [-0.1, -0.05) is 11.6 Å². The number of thiol groups is 1. The Morgan fingerprint density at radius 2 is 2.05 bits per heavy atom. The second-order valence-electron chi connectivity index (χ2n) is 4.45. The van der Waals surface area contributed by atoms with E-state index in [1.165, 1.54) is 11.0 Å². The van der Waals surface area contributed by atoms with Crippen molar-refractivity contribution in [1.29, 1.82) is 0 Å². The highest BCUT2D eigenvalue weighted by Gasteiger charge is 2.34. The van der Waals surface area contributed by atoms with Gasteiger partial charge >= 0.3 is 6.18 Å². The van der Waals surface area contributed by atoms with Crippen LogP contribution in [0.15, 0.2) is 18.2 Å². The van der Waals surface area contributed by atoms with E-state index in [1.807, 2.05) is 0 Å². The number of halogens is 4. The van der Waals surface area contributed by atoms with E-state index in [4.69, 9.17) is 11.6 Å². The minimum Gasteiger partial charge on any atom is -0.312 e. The van der Waals surface area contributed by atoms with Gasteiger partial charge < -0.3 is 4.90 Å². The molecule has 1 aromatic carbocycles. The van der Waals surface area contributed by atoms with E-state index in [2.05, 4.69) is 12.6 Å². The molecule has 0 N–H and O–H groups in total. The van der Waals surface area contributed by atoms with Crippen LogP contribution in [0.5, 0.6) is 0 Å². The lowest BCUT2D eigenvalue weighted by atomic mass is 10.1. The lowest BCUT2D eigenvalue weighted by molar-refractivity contribution is -0.137. The molecule has 19 heavy (non-hydrogen) atoms. The SMILES string of the molecule is O=C1CC(CS)CN1c1cc(Cl)cc(C(F)(F)F)c1. The van der Waals surface area contributed by atoms with Crippen LogP contribution in [-0.4, -0.2) is 18.2 Å². The molecule has 0 aromatic heterocycles. The third-order valence-corrected chi connectivity index (χ3v) is 3.72. The molecule has 0 radical (unpaired) electrons. The van der Waals surface area contributed by atoms with Gasteiger partial charge in [-0.25, -0.2) is 0 Å². The molecule has 1 heterocycles. The van der Waals surface area contributed by atoms with Gasteiger partial charge in [0.25, 0.3) is 0 Å². The Bertz CT molecular complexity index is 506. The molecule has 0 bridgehead atoms. The normalized spacial score (nSPS) is 20.2. The molecule has 7 heteroatoms. The van der Waals surface area contributed by atoms with Crippen molar-refractivity contribution in [3.8, 4) is 0 Å². The summed E-state index contributed by atoms with van der Waals surface area (Å²) in [5.41, 5.74) is -0.661. The van der Waals surface area contributed by atoms with Crippen LogP contribution >= 0.6 is 24.2 Å². The fourth-order valence-electron chi connectivity index (χ4n) is 2.05. The van der Waals surface area contributed by atoms with Gasteiger partial charge in [-0.05, 0) is 29.9 Å². The van der Waals surface area contributed by atoms with Crippen molar-refractivity contribution in [2.24, 2.45) is 5.92 Å². The van der Waals surface area contributed by atoms with E-state index >= 15 is 0 Å². The van der Waals surface area contributed by atoms with Crippen molar-refractivity contribution in [2.45, 2.75) is 12.6 Å². The Hall–Kier alpha value is -0.880. The van der Waals surface area contributed by atoms with Crippen LogP contribution < -0.4 is 4.90 Å². The van der Waals surface area contributed by atoms with Crippen LogP contribution in [0.25, 0.3) is 0 Å². The molecule has 0 spiro atoms. The highest BCUT2D eigenvalue weighted by molar-refractivity contribution is 7.80. The van der Waals surface area contributed by atoms with E-state index in [-0.39, 0.29) is 22.5 Å². The molecule has 1 amide bonds. The maximum Gasteiger partial charge on any atom is 0.416 e. The lowest BCUT2D eigenvalue weighted by Gasteiger charge is -2.18. The van der Waals surface area contributed by atoms with Gasteiger partial charge in [0.2, 0.25) is 5.91 Å². The van der Waals surface area contributed by atoms with Crippen LogP contribution in [0.2, 0.25) is 5.02 Å². The summed E-state index contributed by atoms with van der Waals surface area (Å²) in [6.07, 6.45) is -4.18. The number of benzene rings is 1. The first-order valence-corrected chi connectivity index (χ1v) is 6.61. The summed E-state index contributed by atoms with van der Waals surface area (Å²) in [4.78, 5) is 13.1. The summed E-state index contributed by atoms with van der Waals surface area (Å²) in [6.45, 7) is 0.375. The van der Waals surface area contributed by atoms with E-state index in [0.29, 0.717) is 18.7 Å². The predicted octanol–water partition coefficient (Wildman–Crippen LogP) is 3.64. The number of nitrogens with zero attached hydrogens (tertiary/aromatic N) is 1. The van der Waals surface area contributed by atoms with E-state index < -0.39 is 11.7 Å². The summed E-state index contributed by atoms with van der Waals surface area (Å²) in [5, 5.41) is -0.0352. The van der Waals surface area contributed by atoms with Crippen molar-refractivity contribution in [3.63, 3.8) is 0 Å². The Morgan fingerprint density at radius 1 is 1.37 bits per heavy atom. The Kier molecular flexibility index (Phi) is 4.01. The standard InChI is InChI=1S/C12H11ClF3NOS/c13-9-2-8(12(14,15)16)3-10(4-9)17-5-7(6-19)1-11(17)18/h2-4,7,19H,1,5-6H2. The predicted molar refractivity (Wildman–Crippen MR) is 70.8 cm³/mol. The van der Waals surface area contributed by atoms with Crippen LogP contribution in [0, 0.1) is 5.92 Å². The second kappa shape index (κ2) is 5.25. The summed E-state index contributed by atoms with van der Waals surface area (Å²) < 4.78 is 38.1. The molecule has 2 nitrogen and oxygen atoms in total. The number of alkyl halides is 3. The molecule has 1 unspecified atom stereocenters. The largest absolute Gasteiger partial charge is 0.416 e. The van der Waals surface area contributed by atoms with Crippen LogP contribution in [0.4, 0.5) is 18.9 Å². The third kappa shape index (κ3) is 3.17. The number of hydrogen-bond acceptors (Lipinski definition) is 2. The molecule has 1 aromatic rings. The van der Waals surface area contributed by atoms with Gasteiger partial charge in [0, 0.05) is 23.7 Å². The van der Waals surface area contributed by atoms with Crippen molar-refractivity contribution in [2.75, 3.05) is 17.2 Å². The van der Waals surface area contributed by atoms with Crippen LogP contribution in [-0.2, 0) is 11.0 Å². The fourth-order valence-corrected chi connectivity index (χ4v) is 2.52. The Balaban J connectivity index is 2.35. The van der Waals surface area contributed by atoms with Crippen molar-refractivity contribution in [1.82, 2.24) is 0 Å². The quantitative estimate of drug-likeness (QED) is 0.827. The lowest BCUT2D eigenvalue weighted by Crippen LogP contribution is -2.25. The highest BCUT2D eigenvalue weighted by Crippen LogP contribution is 2.36. The maximum atomic E-state index is 12.7. The first-order chi connectivity index (χ1) is 8.81. The van der Waals surface area contributed by atoms with E-state index in [1.54, 1.807) is 0 Å². The van der Waals surface area contributed by atoms with Gasteiger partial charge in [0.05, 0.1) is 5.56 Å². The van der Waals surface area contributed by atoms with E-state index in [0.717, 1.165) is 12.1 Å². The molecular weight excluding hydrogens is 299 g/mol. The molecule has 1 aliphatic rings. The summed E-state index contributed by atoms with van der Waals surface area (Å²) in [6, 6.07) is 3.17. The zero-order chi connectivity index (χ0) is 14.2. The van der Waals surface area contributed by atoms with Gasteiger partial charge in [-0.3, -0.25) is 4.79 Å². The minimum absolute atomic E-state index is 0.0352. The minimum atomic E-state index is -4.48. The first-order valence-electron chi connectivity index (χ1n) is 5.60. The third-order valence-electron chi connectivity index (χ3n) is 2.98. The molecular formula is C12H11ClF3NOS. The molecule has 1 aliphatic heterocycles. The second-order valence-corrected chi connectivity index (χ2v) is 5.25. The average molecular weight is 310 g/mol. The van der Waals surface area contributed by atoms with Gasteiger partial charge in [0.1, 0.15) is 0 Å². The molecule has 1 atom stereocenters. The number of hydrogen-bond donors (Lipinski definition) is 1. The van der Waals surface area contributed by atoms with E-state index in [9.17, 15) is 18.0 Å². The van der Waals surface area contributed by atoms with Crippen molar-refractivity contribution < 1.29 is 18.0 Å². The Morgan fingerprint density at radius 3 is 2.58 bits per heavy atom. The van der Waals surface area contributed by atoms with Gasteiger partial charge in [0.15, 0.2) is 0 Å². The Labute approximate surface area is 118 Å². The monoisotopic (exact) mass is 309 g/mol. The summed E-state index contributed by atoms with van der Waals surface area (Å²) >= 11 is 9.81. The van der Waals surface area contributed by atoms with Crippen molar-refractivity contribution >= 4 is 35.8 Å². The number of carbonyl (C=O) groups is 1. The average Bonchev–Trinajstić information content (AvgIpc) is 2.68. The fraction of sp³-hybridized carbons (Fsp3) is 0.417. The number of amides is 1. The number of rotatable bonds is 2. The molecule has 104 valence electrons. The zero-order valence-electron chi connectivity index (χ0n) is 9.75. The van der Waals surface area contributed by atoms with Crippen LogP contribution in [0.1, 0.15) is 12.0 Å². The van der Waals surface area contributed by atoms with Crippen LogP contribution in [0.3, 0.4) is 0 Å². The molecule has 2 rings (SSSR count). The molecule has 1 fully saturated rings. The number of carbonyl (C=O) groups excluding carboxylic acids is 1. The molecule has 0 aliphatic carbocycles. The summed E-state index contributed by atoms with van der Waals surface area (Å²) in [5.74, 6) is 0.383. The van der Waals surface area contributed by atoms with Gasteiger partial charge in [-0.15, -0.1) is 0 Å². The first kappa shape index (κ1) is 14.5. The smallest absolute Gasteiger partial charge is 0.312 e. The topological polar surface area (TPSA) is 20.3 Å². The molecule has 1 saturated heterocycles.